The predicted molar refractivity (Wildman–Crippen MR) is 58.3 cm³/mol. The third-order valence-electron chi connectivity index (χ3n) is 1.74. The summed E-state index contributed by atoms with van der Waals surface area (Å²) in [5, 5.41) is 0.573. The summed E-state index contributed by atoms with van der Waals surface area (Å²) in [4.78, 5) is 0. The van der Waals surface area contributed by atoms with E-state index in [0.717, 1.165) is 5.75 Å². The van der Waals surface area contributed by atoms with Gasteiger partial charge in [0.25, 0.3) is 0 Å². The zero-order valence-electron chi connectivity index (χ0n) is 5.68. The first kappa shape index (κ1) is 8.14. The van der Waals surface area contributed by atoms with Crippen molar-refractivity contribution >= 4 is 43.6 Å². The van der Waals surface area contributed by atoms with Crippen LogP contribution in [0.25, 0.3) is 0 Å². The van der Waals surface area contributed by atoms with Crippen LogP contribution < -0.4 is 0 Å². The van der Waals surface area contributed by atoms with E-state index in [0.29, 0.717) is 5.25 Å². The van der Waals surface area contributed by atoms with Crippen LogP contribution >= 0.6 is 43.6 Å². The minimum Gasteiger partial charge on any atom is -0.145 e. The first-order valence-electron chi connectivity index (χ1n) is 3.34. The molecule has 2 rings (SSSR count). The molecule has 0 aromatic heterocycles. The topological polar surface area (TPSA) is 0 Å². The number of rotatable bonds is 0. The van der Waals surface area contributed by atoms with Gasteiger partial charge in [0, 0.05) is 14.7 Å². The van der Waals surface area contributed by atoms with Gasteiger partial charge in [-0.1, -0.05) is 44.0 Å². The van der Waals surface area contributed by atoms with Crippen LogP contribution in [0.1, 0.15) is 0 Å². The van der Waals surface area contributed by atoms with Crippen molar-refractivity contribution in [1.29, 1.82) is 0 Å². The Morgan fingerprint density at radius 1 is 1.45 bits per heavy atom. The van der Waals surface area contributed by atoms with E-state index in [4.69, 9.17) is 0 Å². The molecule has 1 atom stereocenters. The molecule has 0 radical (unpaired) electrons. The highest BCUT2D eigenvalue weighted by atomic mass is 79.9. The van der Waals surface area contributed by atoms with Gasteiger partial charge in [0.05, 0.1) is 5.25 Å². The fourth-order valence-corrected chi connectivity index (χ4v) is 4.13. The van der Waals surface area contributed by atoms with Gasteiger partial charge in [-0.2, -0.15) is 0 Å². The zero-order valence-corrected chi connectivity index (χ0v) is 9.67. The highest BCUT2D eigenvalue weighted by molar-refractivity contribution is 9.12. The van der Waals surface area contributed by atoms with Crippen molar-refractivity contribution in [2.75, 3.05) is 5.75 Å². The molecule has 0 saturated carbocycles. The summed E-state index contributed by atoms with van der Waals surface area (Å²) in [6, 6.07) is 0. The van der Waals surface area contributed by atoms with Gasteiger partial charge >= 0.3 is 0 Å². The molecule has 0 amide bonds. The third-order valence-corrected chi connectivity index (χ3v) is 4.02. The number of hydrogen-bond donors (Lipinski definition) is 0. The normalized spacial score (nSPS) is 28.9. The molecule has 0 nitrogen and oxygen atoms in total. The van der Waals surface area contributed by atoms with Crippen molar-refractivity contribution < 1.29 is 0 Å². The van der Waals surface area contributed by atoms with E-state index >= 15 is 0 Å². The minimum atomic E-state index is 0.573. The summed E-state index contributed by atoms with van der Waals surface area (Å²) >= 11 is 8.99. The molecule has 0 saturated heterocycles. The Morgan fingerprint density at radius 2 is 2.27 bits per heavy atom. The quantitative estimate of drug-likeness (QED) is 0.658. The molecule has 3 heteroatoms. The van der Waals surface area contributed by atoms with Crippen LogP contribution in [-0.4, -0.2) is 11.0 Å². The third kappa shape index (κ3) is 1.51. The number of thioether (sulfide) groups is 1. The second kappa shape index (κ2) is 3.11. The molecule has 1 aliphatic carbocycles. The first-order valence-corrected chi connectivity index (χ1v) is 5.97. The predicted octanol–water partition coefficient (Wildman–Crippen LogP) is 3.60. The summed E-state index contributed by atoms with van der Waals surface area (Å²) in [6.07, 6.45) is 6.63. The first-order chi connectivity index (χ1) is 5.27. The lowest BCUT2D eigenvalue weighted by Gasteiger charge is -2.14. The molecule has 2 aliphatic rings. The molecule has 1 aliphatic heterocycles. The molecule has 58 valence electrons. The lowest BCUT2D eigenvalue weighted by molar-refractivity contribution is 1.29. The van der Waals surface area contributed by atoms with Crippen LogP contribution in [-0.2, 0) is 0 Å². The van der Waals surface area contributed by atoms with Gasteiger partial charge < -0.3 is 0 Å². The molecule has 0 bridgehead atoms. The van der Waals surface area contributed by atoms with E-state index in [1.165, 1.54) is 14.5 Å². The average molecular weight is 294 g/mol. The Kier molecular flexibility index (Phi) is 2.30. The smallest absolute Gasteiger partial charge is 0.0502 e. The zero-order chi connectivity index (χ0) is 7.84. The number of hydrogen-bond acceptors (Lipinski definition) is 1. The SMILES string of the molecule is BrC1=CC2SCC=C2C(Br)=C1. The lowest BCUT2D eigenvalue weighted by Crippen LogP contribution is -2.02. The molecule has 0 spiro atoms. The van der Waals surface area contributed by atoms with Crippen molar-refractivity contribution in [3.05, 3.63) is 32.8 Å². The maximum atomic E-state index is 3.54. The highest BCUT2D eigenvalue weighted by Gasteiger charge is 2.22. The highest BCUT2D eigenvalue weighted by Crippen LogP contribution is 2.40. The van der Waals surface area contributed by atoms with Crippen LogP contribution in [0.4, 0.5) is 0 Å². The molecule has 1 unspecified atom stereocenters. The van der Waals surface area contributed by atoms with Gasteiger partial charge in [-0.3, -0.25) is 0 Å². The van der Waals surface area contributed by atoms with E-state index in [1.54, 1.807) is 0 Å². The van der Waals surface area contributed by atoms with Gasteiger partial charge in [0.2, 0.25) is 0 Å². The van der Waals surface area contributed by atoms with E-state index in [-0.39, 0.29) is 0 Å². The summed E-state index contributed by atoms with van der Waals surface area (Å²) in [7, 11) is 0. The van der Waals surface area contributed by atoms with Gasteiger partial charge in [0.1, 0.15) is 0 Å². The van der Waals surface area contributed by atoms with Crippen molar-refractivity contribution in [1.82, 2.24) is 0 Å². The standard InChI is InChI=1S/C8H6Br2S/c9-5-3-7(10)6-1-2-11-8(6)4-5/h1,3-4,8H,2H2. The van der Waals surface area contributed by atoms with Crippen LogP contribution in [0.15, 0.2) is 32.8 Å². The molecule has 0 fully saturated rings. The van der Waals surface area contributed by atoms with Crippen molar-refractivity contribution in [3.8, 4) is 0 Å². The Morgan fingerprint density at radius 3 is 3.09 bits per heavy atom. The van der Waals surface area contributed by atoms with Gasteiger partial charge in [-0.15, -0.1) is 11.8 Å². The lowest BCUT2D eigenvalue weighted by atomic mass is 10.1. The Labute approximate surface area is 87.1 Å². The maximum absolute atomic E-state index is 3.54. The monoisotopic (exact) mass is 292 g/mol. The second-order valence-corrected chi connectivity index (χ2v) is 5.40. The van der Waals surface area contributed by atoms with Crippen LogP contribution in [0.3, 0.4) is 0 Å². The minimum absolute atomic E-state index is 0.573. The van der Waals surface area contributed by atoms with Crippen LogP contribution in [0.5, 0.6) is 0 Å². The van der Waals surface area contributed by atoms with Gasteiger partial charge in [0.15, 0.2) is 0 Å². The largest absolute Gasteiger partial charge is 0.145 e. The fourth-order valence-electron chi connectivity index (χ4n) is 1.22. The van der Waals surface area contributed by atoms with Crippen molar-refractivity contribution in [2.45, 2.75) is 5.25 Å². The van der Waals surface area contributed by atoms with E-state index < -0.39 is 0 Å². The molecule has 11 heavy (non-hydrogen) atoms. The molecule has 0 aromatic rings. The number of fused-ring (bicyclic) bond motifs is 1. The Bertz CT molecular complexity index is 276. The average Bonchev–Trinajstić information content (AvgIpc) is 2.34. The molecule has 1 heterocycles. The molecule has 0 N–H and O–H groups in total. The fraction of sp³-hybridized carbons (Fsp3) is 0.250. The summed E-state index contributed by atoms with van der Waals surface area (Å²) in [5.41, 5.74) is 1.43. The van der Waals surface area contributed by atoms with E-state index in [2.05, 4.69) is 50.1 Å². The molecular weight excluding hydrogens is 288 g/mol. The van der Waals surface area contributed by atoms with Crippen LogP contribution in [0, 0.1) is 0 Å². The number of halogens is 2. The Hall–Kier alpha value is 0.530. The van der Waals surface area contributed by atoms with E-state index in [1.807, 2.05) is 11.8 Å². The molecular formula is C8H6Br2S. The van der Waals surface area contributed by atoms with Crippen molar-refractivity contribution in [3.63, 3.8) is 0 Å². The number of allylic oxidation sites excluding steroid dienone is 3. The maximum Gasteiger partial charge on any atom is 0.0502 e. The summed E-state index contributed by atoms with van der Waals surface area (Å²) < 4.78 is 2.41. The van der Waals surface area contributed by atoms with Gasteiger partial charge in [-0.05, 0) is 11.6 Å². The summed E-state index contributed by atoms with van der Waals surface area (Å²) in [5.74, 6) is 1.14. The van der Waals surface area contributed by atoms with Crippen molar-refractivity contribution in [2.24, 2.45) is 0 Å². The van der Waals surface area contributed by atoms with E-state index in [9.17, 15) is 0 Å². The van der Waals surface area contributed by atoms with Crippen LogP contribution in [0.2, 0.25) is 0 Å². The summed E-state index contributed by atoms with van der Waals surface area (Å²) in [6.45, 7) is 0. The van der Waals surface area contributed by atoms with Gasteiger partial charge in [-0.25, -0.2) is 0 Å². The Balaban J connectivity index is 2.40. The second-order valence-electron chi connectivity index (χ2n) is 2.46. The molecule has 0 aromatic carbocycles.